The summed E-state index contributed by atoms with van der Waals surface area (Å²) in [7, 11) is -2.57. The van der Waals surface area contributed by atoms with Crippen molar-refractivity contribution in [2.75, 3.05) is 13.2 Å². The van der Waals surface area contributed by atoms with E-state index in [1.165, 1.54) is 10.4 Å². The van der Waals surface area contributed by atoms with E-state index in [-0.39, 0.29) is 11.0 Å². The minimum Gasteiger partial charge on any atom is -0.407 e. The fourth-order valence-electron chi connectivity index (χ4n) is 4.17. The number of hydrogen-bond donors (Lipinski definition) is 0. The summed E-state index contributed by atoms with van der Waals surface area (Å²) in [6.07, 6.45) is 3.17. The Hall–Kier alpha value is -2.01. The summed E-state index contributed by atoms with van der Waals surface area (Å²) in [5.41, 5.74) is -0.831. The van der Waals surface area contributed by atoms with E-state index in [0.29, 0.717) is 19.6 Å². The lowest BCUT2D eigenvalue weighted by atomic mass is 9.95. The van der Waals surface area contributed by atoms with Crippen LogP contribution >= 0.6 is 0 Å². The number of carbonyl (C=O) groups excluding carboxylic acids is 1. The zero-order valence-corrected chi connectivity index (χ0v) is 20.1. The minimum absolute atomic E-state index is 0.0667. The van der Waals surface area contributed by atoms with E-state index in [1.54, 1.807) is 6.08 Å². The van der Waals surface area contributed by atoms with Crippen LogP contribution in [0.1, 0.15) is 41.0 Å². The van der Waals surface area contributed by atoms with E-state index in [4.69, 9.17) is 9.16 Å². The Morgan fingerprint density at radius 2 is 1.47 bits per heavy atom. The van der Waals surface area contributed by atoms with Crippen molar-refractivity contribution in [3.05, 3.63) is 73.3 Å². The maximum absolute atomic E-state index is 11.7. The van der Waals surface area contributed by atoms with Crippen LogP contribution in [-0.2, 0) is 14.0 Å². The first kappa shape index (κ1) is 24.3. The Bertz CT molecular complexity index is 759. The number of ether oxygens (including phenoxy) is 1. The Kier molecular flexibility index (Phi) is 8.36. The normalized spacial score (nSPS) is 15.2. The van der Waals surface area contributed by atoms with Gasteiger partial charge in [0.15, 0.2) is 6.29 Å². The lowest BCUT2D eigenvalue weighted by Crippen LogP contribution is -2.66. The van der Waals surface area contributed by atoms with Crippen LogP contribution in [0, 0.1) is 5.92 Å². The van der Waals surface area contributed by atoms with Gasteiger partial charge in [0, 0.05) is 6.61 Å². The third kappa shape index (κ3) is 5.57. The zero-order chi connectivity index (χ0) is 22.3. The molecule has 2 aromatic carbocycles. The van der Waals surface area contributed by atoms with E-state index in [1.807, 2.05) is 19.1 Å². The van der Waals surface area contributed by atoms with Gasteiger partial charge in [-0.05, 0) is 34.7 Å². The van der Waals surface area contributed by atoms with E-state index in [9.17, 15) is 4.79 Å². The van der Waals surface area contributed by atoms with Gasteiger partial charge < -0.3 is 14.0 Å². The first-order chi connectivity index (χ1) is 14.2. The van der Waals surface area contributed by atoms with E-state index in [2.05, 4.69) is 82.8 Å². The molecule has 0 bridgehead atoms. The maximum atomic E-state index is 11.7. The highest BCUT2D eigenvalue weighted by molar-refractivity contribution is 6.99. The number of rotatable bonds is 11. The molecule has 4 heteroatoms. The van der Waals surface area contributed by atoms with Crippen molar-refractivity contribution in [2.45, 2.75) is 51.7 Å². The van der Waals surface area contributed by atoms with Gasteiger partial charge in [0.1, 0.15) is 5.60 Å². The van der Waals surface area contributed by atoms with Crippen LogP contribution in [0.4, 0.5) is 0 Å². The second-order valence-electron chi connectivity index (χ2n) is 9.31. The van der Waals surface area contributed by atoms with Crippen molar-refractivity contribution in [1.29, 1.82) is 0 Å². The van der Waals surface area contributed by atoms with E-state index in [0.717, 1.165) is 6.29 Å². The molecule has 2 aromatic rings. The highest BCUT2D eigenvalue weighted by Gasteiger charge is 2.50. The molecular weight excluding hydrogens is 388 g/mol. The molecule has 0 unspecified atom stereocenters. The molecule has 0 spiro atoms. The number of hydrogen-bond acceptors (Lipinski definition) is 3. The molecule has 0 amide bonds. The predicted octanol–water partition coefficient (Wildman–Crippen LogP) is 4.75. The molecule has 2 rings (SSSR count). The summed E-state index contributed by atoms with van der Waals surface area (Å²) in [6.45, 7) is 15.4. The largest absolute Gasteiger partial charge is 0.407 e. The molecule has 0 heterocycles. The molecule has 0 saturated carbocycles. The molecule has 30 heavy (non-hydrogen) atoms. The zero-order valence-electron chi connectivity index (χ0n) is 19.1. The van der Waals surface area contributed by atoms with Crippen molar-refractivity contribution < 1.29 is 14.0 Å². The van der Waals surface area contributed by atoms with Gasteiger partial charge in [-0.2, -0.15) is 0 Å². The first-order valence-corrected chi connectivity index (χ1v) is 12.6. The standard InChI is InChI=1S/C26H36O3Si/c1-7-18-28-26(6,21-27)19-22(2)20-29-30(25(3,4)5,23-14-10-8-11-15-23)24-16-12-9-13-17-24/h7-17,21-22H,1,18-20H2,2-6H3/t22-,26-/m1/s1. The van der Waals surface area contributed by atoms with Crippen molar-refractivity contribution in [1.82, 2.24) is 0 Å². The number of aldehydes is 1. The monoisotopic (exact) mass is 424 g/mol. The summed E-state index contributed by atoms with van der Waals surface area (Å²) in [4.78, 5) is 11.7. The third-order valence-corrected chi connectivity index (χ3v) is 10.5. The highest BCUT2D eigenvalue weighted by Crippen LogP contribution is 2.37. The smallest absolute Gasteiger partial charge is 0.261 e. The van der Waals surface area contributed by atoms with Gasteiger partial charge in [0.2, 0.25) is 0 Å². The molecule has 0 fully saturated rings. The molecule has 2 atom stereocenters. The van der Waals surface area contributed by atoms with Gasteiger partial charge in [-0.15, -0.1) is 6.58 Å². The van der Waals surface area contributed by atoms with E-state index < -0.39 is 13.9 Å². The summed E-state index contributed by atoms with van der Waals surface area (Å²) in [5.74, 6) is 0.159. The highest BCUT2D eigenvalue weighted by atomic mass is 28.4. The lowest BCUT2D eigenvalue weighted by molar-refractivity contribution is -0.130. The van der Waals surface area contributed by atoms with Gasteiger partial charge in [-0.1, -0.05) is 94.4 Å². The van der Waals surface area contributed by atoms with Crippen LogP contribution in [0.3, 0.4) is 0 Å². The Balaban J connectivity index is 2.37. The summed E-state index contributed by atoms with van der Waals surface area (Å²) in [6, 6.07) is 21.2. The lowest BCUT2D eigenvalue weighted by Gasteiger charge is -2.43. The molecule has 0 aliphatic rings. The fourth-order valence-corrected chi connectivity index (χ4v) is 8.86. The van der Waals surface area contributed by atoms with Crippen LogP contribution in [0.15, 0.2) is 73.3 Å². The van der Waals surface area contributed by atoms with Crippen LogP contribution in [-0.4, -0.2) is 33.4 Å². The SMILES string of the molecule is C=CCO[C@@](C)(C=O)C[C@@H](C)CO[Si](c1ccccc1)(c1ccccc1)C(C)(C)C. The number of carbonyl (C=O) groups is 1. The topological polar surface area (TPSA) is 35.5 Å². The average molecular weight is 425 g/mol. The molecule has 0 N–H and O–H groups in total. The minimum atomic E-state index is -2.57. The van der Waals surface area contributed by atoms with E-state index >= 15 is 0 Å². The summed E-state index contributed by atoms with van der Waals surface area (Å²) < 4.78 is 12.7. The molecular formula is C26H36O3Si. The molecule has 3 nitrogen and oxygen atoms in total. The molecule has 0 aliphatic carbocycles. The maximum Gasteiger partial charge on any atom is 0.261 e. The van der Waals surface area contributed by atoms with Crippen LogP contribution in [0.5, 0.6) is 0 Å². The molecule has 0 aliphatic heterocycles. The van der Waals surface area contributed by atoms with Gasteiger partial charge in [0.05, 0.1) is 6.61 Å². The number of benzene rings is 2. The van der Waals surface area contributed by atoms with Crippen molar-refractivity contribution in [2.24, 2.45) is 5.92 Å². The van der Waals surface area contributed by atoms with Crippen molar-refractivity contribution in [3.8, 4) is 0 Å². The second kappa shape index (κ2) is 10.3. The Morgan fingerprint density at radius 3 is 1.87 bits per heavy atom. The second-order valence-corrected chi connectivity index (χ2v) is 13.6. The Morgan fingerprint density at radius 1 is 0.967 bits per heavy atom. The molecule has 162 valence electrons. The van der Waals surface area contributed by atoms with Crippen molar-refractivity contribution in [3.63, 3.8) is 0 Å². The molecule has 0 saturated heterocycles. The van der Waals surface area contributed by atoms with Gasteiger partial charge in [0.25, 0.3) is 8.32 Å². The van der Waals surface area contributed by atoms with Gasteiger partial charge in [-0.25, -0.2) is 0 Å². The van der Waals surface area contributed by atoms with Crippen LogP contribution in [0.25, 0.3) is 0 Å². The summed E-state index contributed by atoms with van der Waals surface area (Å²) >= 11 is 0. The third-order valence-electron chi connectivity index (χ3n) is 5.54. The Labute approximate surface area is 183 Å². The predicted molar refractivity (Wildman–Crippen MR) is 128 cm³/mol. The average Bonchev–Trinajstić information content (AvgIpc) is 2.73. The van der Waals surface area contributed by atoms with Gasteiger partial charge in [-0.3, -0.25) is 0 Å². The van der Waals surface area contributed by atoms with Gasteiger partial charge >= 0.3 is 0 Å². The van der Waals surface area contributed by atoms with Crippen LogP contribution < -0.4 is 10.4 Å². The summed E-state index contributed by atoms with van der Waals surface area (Å²) in [5, 5.41) is 2.46. The fraction of sp³-hybridized carbons (Fsp3) is 0.423. The quantitative estimate of drug-likeness (QED) is 0.297. The first-order valence-electron chi connectivity index (χ1n) is 10.6. The molecule has 0 aromatic heterocycles. The molecule has 0 radical (unpaired) electrons. The van der Waals surface area contributed by atoms with Crippen LogP contribution in [0.2, 0.25) is 5.04 Å². The van der Waals surface area contributed by atoms with Crippen molar-refractivity contribution >= 4 is 25.0 Å².